The van der Waals surface area contributed by atoms with Crippen LogP contribution in [0, 0.1) is 12.7 Å². The van der Waals surface area contributed by atoms with E-state index in [2.05, 4.69) is 9.97 Å². The van der Waals surface area contributed by atoms with Crippen molar-refractivity contribution in [3.63, 3.8) is 0 Å². The number of imidazole rings is 1. The van der Waals surface area contributed by atoms with Crippen molar-refractivity contribution in [1.82, 2.24) is 19.4 Å². The number of carbonyl (C=O) groups excluding carboxylic acids is 1. The lowest BCUT2D eigenvalue weighted by Crippen LogP contribution is -2.28. The van der Waals surface area contributed by atoms with Gasteiger partial charge in [0, 0.05) is 41.9 Å². The van der Waals surface area contributed by atoms with Gasteiger partial charge in [-0.05, 0) is 60.5 Å². The Labute approximate surface area is 201 Å². The number of halogens is 2. The number of benzene rings is 2. The Hall–Kier alpha value is -3.16. The summed E-state index contributed by atoms with van der Waals surface area (Å²) in [5.41, 5.74) is 3.90. The van der Waals surface area contributed by atoms with Gasteiger partial charge >= 0.3 is 0 Å². The minimum atomic E-state index is -0.345. The minimum absolute atomic E-state index is 0.189. The molecule has 0 aliphatic rings. The zero-order valence-corrected chi connectivity index (χ0v) is 19.8. The smallest absolute Gasteiger partial charge is 0.272 e. The first kappa shape index (κ1) is 23.0. The van der Waals surface area contributed by atoms with Crippen LogP contribution >= 0.6 is 23.4 Å². The standard InChI is InChI=1S/C25H22ClFN4OS/c1-17-13-18(11-12-28-17)15-30(2)24(32)23-14-29-25(31(23)21-9-7-20(27)8-10-21)33-16-19-5-3-4-6-22(19)26/h3-14H,15-16H2,1-2H3. The molecule has 0 N–H and O–H groups in total. The maximum Gasteiger partial charge on any atom is 0.272 e. The molecular weight excluding hydrogens is 459 g/mol. The maximum atomic E-state index is 13.6. The second kappa shape index (κ2) is 10.2. The van der Waals surface area contributed by atoms with E-state index in [1.807, 2.05) is 43.3 Å². The predicted octanol–water partition coefficient (Wildman–Crippen LogP) is 5.93. The summed E-state index contributed by atoms with van der Waals surface area (Å²) >= 11 is 7.77. The van der Waals surface area contributed by atoms with Crippen LogP contribution in [0.4, 0.5) is 4.39 Å². The SMILES string of the molecule is Cc1cc(CN(C)C(=O)c2cnc(SCc3ccccc3Cl)n2-c2ccc(F)cc2)ccn1. The van der Waals surface area contributed by atoms with Gasteiger partial charge in [-0.1, -0.05) is 41.6 Å². The molecule has 4 aromatic rings. The lowest BCUT2D eigenvalue weighted by atomic mass is 10.2. The third-order valence-electron chi connectivity index (χ3n) is 5.08. The number of carbonyl (C=O) groups is 1. The lowest BCUT2D eigenvalue weighted by molar-refractivity contribution is 0.0776. The van der Waals surface area contributed by atoms with Crippen LogP contribution in [0.1, 0.15) is 27.3 Å². The summed E-state index contributed by atoms with van der Waals surface area (Å²) in [4.78, 5) is 23.7. The number of aryl methyl sites for hydroxylation is 1. The zero-order valence-electron chi connectivity index (χ0n) is 18.2. The molecule has 2 aromatic heterocycles. The van der Waals surface area contributed by atoms with Crippen LogP contribution in [0.25, 0.3) is 5.69 Å². The molecule has 0 unspecified atom stereocenters. The number of thioether (sulfide) groups is 1. The van der Waals surface area contributed by atoms with Gasteiger partial charge in [-0.3, -0.25) is 14.3 Å². The van der Waals surface area contributed by atoms with Crippen LogP contribution in [-0.4, -0.2) is 32.4 Å². The van der Waals surface area contributed by atoms with Crippen LogP contribution in [0.3, 0.4) is 0 Å². The second-order valence-electron chi connectivity index (χ2n) is 7.58. The van der Waals surface area contributed by atoms with Crippen molar-refractivity contribution in [1.29, 1.82) is 0 Å². The topological polar surface area (TPSA) is 51.0 Å². The van der Waals surface area contributed by atoms with E-state index >= 15 is 0 Å². The van der Waals surface area contributed by atoms with E-state index in [0.717, 1.165) is 16.8 Å². The fraction of sp³-hybridized carbons (Fsp3) is 0.160. The van der Waals surface area contributed by atoms with Crippen molar-refractivity contribution in [2.75, 3.05) is 7.05 Å². The summed E-state index contributed by atoms with van der Waals surface area (Å²) in [7, 11) is 1.75. The first-order valence-corrected chi connectivity index (χ1v) is 11.7. The molecule has 8 heteroatoms. The van der Waals surface area contributed by atoms with Crippen molar-refractivity contribution in [2.45, 2.75) is 24.4 Å². The van der Waals surface area contributed by atoms with Gasteiger partial charge in [-0.2, -0.15) is 0 Å². The maximum absolute atomic E-state index is 13.6. The molecule has 0 radical (unpaired) electrons. The van der Waals surface area contributed by atoms with Gasteiger partial charge in [0.2, 0.25) is 0 Å². The molecule has 0 aliphatic carbocycles. The molecule has 5 nitrogen and oxygen atoms in total. The van der Waals surface area contributed by atoms with Crippen molar-refractivity contribution in [3.8, 4) is 5.69 Å². The van der Waals surface area contributed by atoms with E-state index in [1.165, 1.54) is 23.9 Å². The lowest BCUT2D eigenvalue weighted by Gasteiger charge is -2.19. The third-order valence-corrected chi connectivity index (χ3v) is 6.45. The highest BCUT2D eigenvalue weighted by Gasteiger charge is 2.22. The molecule has 0 spiro atoms. The molecule has 168 valence electrons. The summed E-state index contributed by atoms with van der Waals surface area (Å²) in [6.07, 6.45) is 3.30. The van der Waals surface area contributed by atoms with Crippen molar-refractivity contribution in [2.24, 2.45) is 0 Å². The van der Waals surface area contributed by atoms with Crippen molar-refractivity contribution in [3.05, 3.63) is 106 Å². The third kappa shape index (κ3) is 5.43. The Morgan fingerprint density at radius 1 is 1.12 bits per heavy atom. The first-order chi connectivity index (χ1) is 15.9. The number of nitrogens with zero attached hydrogens (tertiary/aromatic N) is 4. The Bertz CT molecular complexity index is 1280. The quantitative estimate of drug-likeness (QED) is 0.307. The van der Waals surface area contributed by atoms with Crippen LogP contribution in [0.5, 0.6) is 0 Å². The summed E-state index contributed by atoms with van der Waals surface area (Å²) in [6, 6.07) is 17.5. The molecule has 1 amide bonds. The van der Waals surface area contributed by atoms with Gasteiger partial charge in [-0.25, -0.2) is 9.37 Å². The highest BCUT2D eigenvalue weighted by atomic mass is 35.5. The predicted molar refractivity (Wildman–Crippen MR) is 129 cm³/mol. The molecule has 0 saturated carbocycles. The molecular formula is C25H22ClFN4OS. The van der Waals surface area contributed by atoms with Gasteiger partial charge in [0.1, 0.15) is 11.5 Å². The van der Waals surface area contributed by atoms with Crippen LogP contribution in [-0.2, 0) is 12.3 Å². The average molecular weight is 481 g/mol. The van der Waals surface area contributed by atoms with Crippen molar-refractivity contribution >= 4 is 29.3 Å². The van der Waals surface area contributed by atoms with Crippen molar-refractivity contribution < 1.29 is 9.18 Å². The minimum Gasteiger partial charge on any atom is -0.336 e. The molecule has 0 fully saturated rings. The van der Waals surface area contributed by atoms with E-state index in [9.17, 15) is 9.18 Å². The number of rotatable bonds is 7. The Kier molecular flexibility index (Phi) is 7.11. The first-order valence-electron chi connectivity index (χ1n) is 10.3. The highest BCUT2D eigenvalue weighted by Crippen LogP contribution is 2.29. The number of pyridine rings is 1. The van der Waals surface area contributed by atoms with E-state index in [1.54, 1.807) is 41.0 Å². The number of hydrogen-bond acceptors (Lipinski definition) is 4. The fourth-order valence-electron chi connectivity index (χ4n) is 3.43. The number of hydrogen-bond donors (Lipinski definition) is 0. The van der Waals surface area contributed by atoms with E-state index in [-0.39, 0.29) is 11.7 Å². The van der Waals surface area contributed by atoms with Crippen LogP contribution < -0.4 is 0 Å². The number of aromatic nitrogens is 3. The molecule has 0 aliphatic heterocycles. The molecule has 0 saturated heterocycles. The molecule has 4 rings (SSSR count). The van der Waals surface area contributed by atoms with Gasteiger partial charge in [-0.15, -0.1) is 0 Å². The van der Waals surface area contributed by atoms with E-state index < -0.39 is 0 Å². The van der Waals surface area contributed by atoms with Crippen LogP contribution in [0.2, 0.25) is 5.02 Å². The summed E-state index contributed by atoms with van der Waals surface area (Å²) in [6.45, 7) is 2.34. The summed E-state index contributed by atoms with van der Waals surface area (Å²) < 4.78 is 15.3. The molecule has 2 heterocycles. The average Bonchev–Trinajstić information content (AvgIpc) is 3.22. The van der Waals surface area contributed by atoms with Gasteiger partial charge in [0.15, 0.2) is 5.16 Å². The molecule has 0 bridgehead atoms. The number of amides is 1. The highest BCUT2D eigenvalue weighted by molar-refractivity contribution is 7.98. The van der Waals surface area contributed by atoms with Gasteiger partial charge < -0.3 is 4.90 Å². The summed E-state index contributed by atoms with van der Waals surface area (Å²) in [5.74, 6) is 0.0468. The van der Waals surface area contributed by atoms with E-state index in [4.69, 9.17) is 11.6 Å². The zero-order chi connectivity index (χ0) is 23.4. The van der Waals surface area contributed by atoms with Gasteiger partial charge in [0.05, 0.1) is 6.20 Å². The molecule has 33 heavy (non-hydrogen) atoms. The molecule has 0 atom stereocenters. The Morgan fingerprint density at radius 2 is 1.88 bits per heavy atom. The van der Waals surface area contributed by atoms with Crippen LogP contribution in [0.15, 0.2) is 78.2 Å². The summed E-state index contributed by atoms with van der Waals surface area (Å²) in [5, 5.41) is 1.30. The second-order valence-corrected chi connectivity index (χ2v) is 8.93. The van der Waals surface area contributed by atoms with Gasteiger partial charge in [0.25, 0.3) is 5.91 Å². The Balaban J connectivity index is 1.64. The molecule has 2 aromatic carbocycles. The largest absolute Gasteiger partial charge is 0.336 e. The Morgan fingerprint density at radius 3 is 2.61 bits per heavy atom. The fourth-order valence-corrected chi connectivity index (χ4v) is 4.71. The normalized spacial score (nSPS) is 10.9. The monoisotopic (exact) mass is 480 g/mol. The van der Waals surface area contributed by atoms with E-state index in [0.29, 0.717) is 33.9 Å².